The Bertz CT molecular complexity index is 421. The number of carbonyl (C=O) groups is 2. The summed E-state index contributed by atoms with van der Waals surface area (Å²) >= 11 is 0. The Hall–Kier alpha value is -2.10. The van der Waals surface area contributed by atoms with E-state index in [4.69, 9.17) is 4.74 Å². The van der Waals surface area contributed by atoms with Crippen LogP contribution in [0.25, 0.3) is 6.08 Å². The van der Waals surface area contributed by atoms with Gasteiger partial charge in [-0.3, -0.25) is 4.79 Å². The number of carbonyl (C=O) groups excluding carboxylic acids is 2. The Balaban J connectivity index is 2.68. The molecular formula is C13H15NO3. The molecule has 0 aliphatic carbocycles. The van der Waals surface area contributed by atoms with Crippen LogP contribution in [-0.4, -0.2) is 25.5 Å². The van der Waals surface area contributed by atoms with Gasteiger partial charge in [-0.05, 0) is 30.7 Å². The van der Waals surface area contributed by atoms with E-state index < -0.39 is 0 Å². The van der Waals surface area contributed by atoms with Gasteiger partial charge >= 0.3 is 5.97 Å². The van der Waals surface area contributed by atoms with Gasteiger partial charge in [-0.2, -0.15) is 0 Å². The van der Waals surface area contributed by atoms with Crippen LogP contribution in [0.2, 0.25) is 0 Å². The fourth-order valence-electron chi connectivity index (χ4n) is 1.24. The Morgan fingerprint density at radius 3 is 2.47 bits per heavy atom. The molecule has 4 heteroatoms. The lowest BCUT2D eigenvalue weighted by atomic mass is 10.1. The Kier molecular flexibility index (Phi) is 4.94. The molecule has 17 heavy (non-hydrogen) atoms. The minimum atomic E-state index is -0.372. The number of rotatable bonds is 4. The van der Waals surface area contributed by atoms with Crippen molar-refractivity contribution < 1.29 is 14.3 Å². The van der Waals surface area contributed by atoms with Crippen LogP contribution in [0.15, 0.2) is 30.3 Å². The van der Waals surface area contributed by atoms with Crippen LogP contribution in [0.1, 0.15) is 22.8 Å². The van der Waals surface area contributed by atoms with Crippen molar-refractivity contribution in [3.05, 3.63) is 41.5 Å². The van der Waals surface area contributed by atoms with Crippen LogP contribution in [0.3, 0.4) is 0 Å². The molecule has 0 saturated heterocycles. The smallest absolute Gasteiger partial charge is 0.330 e. The zero-order valence-electron chi connectivity index (χ0n) is 9.90. The normalized spacial score (nSPS) is 10.2. The fourth-order valence-corrected chi connectivity index (χ4v) is 1.24. The van der Waals surface area contributed by atoms with E-state index in [1.165, 1.54) is 6.08 Å². The van der Waals surface area contributed by atoms with Gasteiger partial charge < -0.3 is 10.1 Å². The summed E-state index contributed by atoms with van der Waals surface area (Å²) in [5, 5.41) is 2.54. The highest BCUT2D eigenvalue weighted by atomic mass is 16.5. The molecule has 1 amide bonds. The summed E-state index contributed by atoms with van der Waals surface area (Å²) in [7, 11) is 1.58. The van der Waals surface area contributed by atoms with E-state index >= 15 is 0 Å². The molecule has 0 fully saturated rings. The maximum atomic E-state index is 11.3. The van der Waals surface area contributed by atoms with Crippen LogP contribution < -0.4 is 5.32 Å². The van der Waals surface area contributed by atoms with Crippen LogP contribution in [0.5, 0.6) is 0 Å². The Labute approximate surface area is 100 Å². The third-order valence-electron chi connectivity index (χ3n) is 2.10. The Morgan fingerprint density at radius 2 is 1.94 bits per heavy atom. The molecule has 1 aromatic carbocycles. The summed E-state index contributed by atoms with van der Waals surface area (Å²) in [5.74, 6) is -0.506. The maximum absolute atomic E-state index is 11.3. The molecule has 0 aliphatic heterocycles. The molecule has 0 saturated carbocycles. The number of hydrogen-bond acceptors (Lipinski definition) is 3. The number of esters is 1. The lowest BCUT2D eigenvalue weighted by Crippen LogP contribution is -2.17. The summed E-state index contributed by atoms with van der Waals surface area (Å²) in [6.07, 6.45) is 3.00. The van der Waals surface area contributed by atoms with E-state index in [9.17, 15) is 9.59 Å². The molecule has 0 unspecified atom stereocenters. The van der Waals surface area contributed by atoms with Crippen molar-refractivity contribution in [2.45, 2.75) is 6.92 Å². The van der Waals surface area contributed by atoms with Crippen LogP contribution >= 0.6 is 0 Å². The van der Waals surface area contributed by atoms with Crippen molar-refractivity contribution in [3.8, 4) is 0 Å². The van der Waals surface area contributed by atoms with Gasteiger partial charge in [-0.25, -0.2) is 4.79 Å². The molecule has 1 aromatic rings. The highest BCUT2D eigenvalue weighted by molar-refractivity contribution is 5.94. The maximum Gasteiger partial charge on any atom is 0.330 e. The molecule has 90 valence electrons. The van der Waals surface area contributed by atoms with E-state index in [-0.39, 0.29) is 11.9 Å². The third-order valence-corrected chi connectivity index (χ3v) is 2.10. The standard InChI is InChI=1S/C13H15NO3/c1-3-17-12(15)9-6-10-4-7-11(8-5-10)13(16)14-2/h4-9H,3H2,1-2H3,(H,14,16)/b9-6+. The van der Waals surface area contributed by atoms with Crippen LogP contribution in [-0.2, 0) is 9.53 Å². The van der Waals surface area contributed by atoms with Gasteiger partial charge in [-0.15, -0.1) is 0 Å². The van der Waals surface area contributed by atoms with Crippen molar-refractivity contribution >= 4 is 18.0 Å². The molecule has 4 nitrogen and oxygen atoms in total. The van der Waals surface area contributed by atoms with Gasteiger partial charge in [0.25, 0.3) is 5.91 Å². The summed E-state index contributed by atoms with van der Waals surface area (Å²) in [4.78, 5) is 22.3. The average Bonchev–Trinajstić information content (AvgIpc) is 2.36. The second-order valence-electron chi connectivity index (χ2n) is 3.29. The van der Waals surface area contributed by atoms with Crippen molar-refractivity contribution in [1.29, 1.82) is 0 Å². The first-order valence-electron chi connectivity index (χ1n) is 5.34. The van der Waals surface area contributed by atoms with Gasteiger partial charge in [0, 0.05) is 18.7 Å². The number of amides is 1. The first-order chi connectivity index (χ1) is 8.17. The lowest BCUT2D eigenvalue weighted by molar-refractivity contribution is -0.137. The summed E-state index contributed by atoms with van der Waals surface area (Å²) in [6, 6.07) is 6.92. The molecular weight excluding hydrogens is 218 g/mol. The third kappa shape index (κ3) is 4.10. The van der Waals surface area contributed by atoms with E-state index in [0.29, 0.717) is 12.2 Å². The highest BCUT2D eigenvalue weighted by Gasteiger charge is 2.01. The van der Waals surface area contributed by atoms with E-state index in [2.05, 4.69) is 5.32 Å². The number of benzene rings is 1. The molecule has 0 spiro atoms. The zero-order valence-corrected chi connectivity index (χ0v) is 9.90. The van der Waals surface area contributed by atoms with E-state index in [1.54, 1.807) is 44.3 Å². The SMILES string of the molecule is CCOC(=O)/C=C/c1ccc(C(=O)NC)cc1. The lowest BCUT2D eigenvalue weighted by Gasteiger charge is -2.00. The fraction of sp³-hybridized carbons (Fsp3) is 0.231. The molecule has 1 N–H and O–H groups in total. The molecule has 0 aromatic heterocycles. The Morgan fingerprint density at radius 1 is 1.29 bits per heavy atom. The molecule has 0 radical (unpaired) electrons. The molecule has 0 heterocycles. The minimum Gasteiger partial charge on any atom is -0.463 e. The molecule has 1 rings (SSSR count). The van der Waals surface area contributed by atoms with Gasteiger partial charge in [0.05, 0.1) is 6.61 Å². The van der Waals surface area contributed by atoms with Crippen molar-refractivity contribution in [2.75, 3.05) is 13.7 Å². The second kappa shape index (κ2) is 6.48. The number of ether oxygens (including phenoxy) is 1. The van der Waals surface area contributed by atoms with Gasteiger partial charge in [-0.1, -0.05) is 12.1 Å². The van der Waals surface area contributed by atoms with Crippen molar-refractivity contribution in [2.24, 2.45) is 0 Å². The predicted molar refractivity (Wildman–Crippen MR) is 65.5 cm³/mol. The van der Waals surface area contributed by atoms with Gasteiger partial charge in [0.2, 0.25) is 0 Å². The second-order valence-corrected chi connectivity index (χ2v) is 3.29. The monoisotopic (exact) mass is 233 g/mol. The van der Waals surface area contributed by atoms with E-state index in [1.807, 2.05) is 0 Å². The largest absolute Gasteiger partial charge is 0.463 e. The zero-order chi connectivity index (χ0) is 12.7. The molecule has 0 aliphatic rings. The van der Waals surface area contributed by atoms with Crippen LogP contribution in [0.4, 0.5) is 0 Å². The number of hydrogen-bond donors (Lipinski definition) is 1. The molecule has 0 bridgehead atoms. The summed E-state index contributed by atoms with van der Waals surface area (Å²) < 4.78 is 4.75. The average molecular weight is 233 g/mol. The molecule has 0 atom stereocenters. The summed E-state index contributed by atoms with van der Waals surface area (Å²) in [6.45, 7) is 2.11. The summed E-state index contributed by atoms with van der Waals surface area (Å²) in [5.41, 5.74) is 1.42. The van der Waals surface area contributed by atoms with Crippen molar-refractivity contribution in [1.82, 2.24) is 5.32 Å². The quantitative estimate of drug-likeness (QED) is 0.635. The first-order valence-corrected chi connectivity index (χ1v) is 5.34. The topological polar surface area (TPSA) is 55.4 Å². The minimum absolute atomic E-state index is 0.133. The van der Waals surface area contributed by atoms with Crippen LogP contribution in [0, 0.1) is 0 Å². The van der Waals surface area contributed by atoms with Gasteiger partial charge in [0.15, 0.2) is 0 Å². The van der Waals surface area contributed by atoms with E-state index in [0.717, 1.165) is 5.56 Å². The van der Waals surface area contributed by atoms with Crippen molar-refractivity contribution in [3.63, 3.8) is 0 Å². The first kappa shape index (κ1) is 13.0. The van der Waals surface area contributed by atoms with Gasteiger partial charge in [0.1, 0.15) is 0 Å². The highest BCUT2D eigenvalue weighted by Crippen LogP contribution is 2.06. The number of nitrogens with one attached hydrogen (secondary N) is 1. The predicted octanol–water partition coefficient (Wildman–Crippen LogP) is 1.62.